The van der Waals surface area contributed by atoms with Crippen molar-refractivity contribution in [3.05, 3.63) is 34.3 Å². The fourth-order valence-electron chi connectivity index (χ4n) is 2.39. The monoisotopic (exact) mass is 312 g/mol. The van der Waals surface area contributed by atoms with Gasteiger partial charge in [-0.25, -0.2) is 4.79 Å². The lowest BCUT2D eigenvalue weighted by atomic mass is 9.89. The number of hydrogen-bond donors (Lipinski definition) is 2. The van der Waals surface area contributed by atoms with Crippen LogP contribution in [0.2, 0.25) is 0 Å². The molecule has 1 aromatic carbocycles. The van der Waals surface area contributed by atoms with E-state index in [0.29, 0.717) is 0 Å². The van der Waals surface area contributed by atoms with Crippen LogP contribution in [0, 0.1) is 0 Å². The third-order valence-corrected chi connectivity index (χ3v) is 4.26. The van der Waals surface area contributed by atoms with Gasteiger partial charge in [0.1, 0.15) is 5.54 Å². The molecule has 5 heteroatoms. The smallest absolute Gasteiger partial charge is 0.328 e. The molecule has 0 spiro atoms. The maximum Gasteiger partial charge on any atom is 0.328 e. The number of hydrogen-bond acceptors (Lipinski definition) is 3. The highest BCUT2D eigenvalue weighted by Crippen LogP contribution is 2.34. The Bertz CT molecular complexity index is 446. The molecule has 0 bridgehead atoms. The summed E-state index contributed by atoms with van der Waals surface area (Å²) in [6.45, 7) is 4.91. The van der Waals surface area contributed by atoms with E-state index in [1.165, 1.54) is 0 Å². The molecule has 1 aromatic rings. The van der Waals surface area contributed by atoms with E-state index in [-0.39, 0.29) is 0 Å². The first-order chi connectivity index (χ1) is 8.56. The number of carbonyl (C=O) groups is 1. The van der Waals surface area contributed by atoms with Gasteiger partial charge in [0.2, 0.25) is 0 Å². The van der Waals surface area contributed by atoms with Gasteiger partial charge in [-0.3, -0.25) is 4.90 Å². The summed E-state index contributed by atoms with van der Waals surface area (Å²) in [5.41, 5.74) is -0.179. The molecule has 1 atom stereocenters. The first-order valence-electron chi connectivity index (χ1n) is 6.01. The van der Waals surface area contributed by atoms with Crippen molar-refractivity contribution < 1.29 is 9.90 Å². The Morgan fingerprint density at radius 2 is 2.00 bits per heavy atom. The molecule has 1 heterocycles. The van der Waals surface area contributed by atoms with Gasteiger partial charge in [-0.2, -0.15) is 0 Å². The van der Waals surface area contributed by atoms with Crippen molar-refractivity contribution in [3.63, 3.8) is 0 Å². The number of benzene rings is 1. The number of carboxylic acid groups (broad SMARTS) is 1. The van der Waals surface area contributed by atoms with E-state index >= 15 is 0 Å². The highest BCUT2D eigenvalue weighted by molar-refractivity contribution is 9.10. The second kappa shape index (κ2) is 5.38. The molecule has 1 saturated heterocycles. The first-order valence-corrected chi connectivity index (χ1v) is 6.80. The van der Waals surface area contributed by atoms with Crippen molar-refractivity contribution in [1.29, 1.82) is 0 Å². The fourth-order valence-corrected chi connectivity index (χ4v) is 3.06. The minimum absolute atomic E-state index is 0.740. The molecule has 1 aliphatic heterocycles. The lowest BCUT2D eigenvalue weighted by Gasteiger charge is -2.41. The molecule has 18 heavy (non-hydrogen) atoms. The minimum Gasteiger partial charge on any atom is -0.480 e. The number of nitrogens with one attached hydrogen (secondary N) is 1. The average Bonchev–Trinajstić information content (AvgIpc) is 2.39. The number of rotatable bonds is 3. The van der Waals surface area contributed by atoms with Crippen molar-refractivity contribution in [2.45, 2.75) is 12.5 Å². The third-order valence-electron chi connectivity index (χ3n) is 3.56. The number of nitrogens with zero attached hydrogens (tertiary/aromatic N) is 1. The Balaban J connectivity index is 2.43. The second-order valence-corrected chi connectivity index (χ2v) is 5.45. The number of halogens is 1. The summed E-state index contributed by atoms with van der Waals surface area (Å²) in [6, 6.07) is 7.54. The standard InChI is InChI=1S/C13H17BrN2O2/c1-13(12(17)18,16-8-6-15-7-9-16)10-4-2-3-5-11(10)14/h2-5,15H,6-9H2,1H3,(H,17,18). The van der Waals surface area contributed by atoms with E-state index in [2.05, 4.69) is 21.2 Å². The second-order valence-electron chi connectivity index (χ2n) is 4.59. The summed E-state index contributed by atoms with van der Waals surface area (Å²) in [6.07, 6.45) is 0. The molecular weight excluding hydrogens is 296 g/mol. The van der Waals surface area contributed by atoms with Gasteiger partial charge in [0.05, 0.1) is 0 Å². The van der Waals surface area contributed by atoms with Gasteiger partial charge in [0.15, 0.2) is 0 Å². The van der Waals surface area contributed by atoms with Crippen molar-refractivity contribution in [1.82, 2.24) is 10.2 Å². The Hall–Kier alpha value is -0.910. The van der Waals surface area contributed by atoms with Gasteiger partial charge in [-0.05, 0) is 18.6 Å². The summed E-state index contributed by atoms with van der Waals surface area (Å²) in [5, 5.41) is 12.9. The lowest BCUT2D eigenvalue weighted by Crippen LogP contribution is -2.56. The zero-order valence-corrected chi connectivity index (χ0v) is 11.9. The van der Waals surface area contributed by atoms with Crippen molar-refractivity contribution in [2.24, 2.45) is 0 Å². The van der Waals surface area contributed by atoms with Gasteiger partial charge in [0, 0.05) is 30.7 Å². The van der Waals surface area contributed by atoms with Crippen molar-refractivity contribution in [3.8, 4) is 0 Å². The largest absolute Gasteiger partial charge is 0.480 e. The summed E-state index contributed by atoms with van der Waals surface area (Å²) in [7, 11) is 0. The summed E-state index contributed by atoms with van der Waals surface area (Å²) in [4.78, 5) is 13.8. The van der Waals surface area contributed by atoms with E-state index in [4.69, 9.17) is 0 Å². The van der Waals surface area contributed by atoms with Crippen LogP contribution in [0.15, 0.2) is 28.7 Å². The highest BCUT2D eigenvalue weighted by Gasteiger charge is 2.42. The maximum absolute atomic E-state index is 11.8. The van der Waals surface area contributed by atoms with E-state index < -0.39 is 11.5 Å². The summed E-state index contributed by atoms with van der Waals surface area (Å²) < 4.78 is 0.841. The average molecular weight is 313 g/mol. The molecule has 2 N–H and O–H groups in total. The quantitative estimate of drug-likeness (QED) is 0.891. The SMILES string of the molecule is CC(C(=O)O)(c1ccccc1Br)N1CCNCC1. The van der Waals surface area contributed by atoms with E-state index in [1.54, 1.807) is 6.92 Å². The third kappa shape index (κ3) is 2.30. The molecule has 1 unspecified atom stereocenters. The topological polar surface area (TPSA) is 52.6 Å². The van der Waals surface area contributed by atoms with Crippen LogP contribution in [0.1, 0.15) is 12.5 Å². The molecule has 2 rings (SSSR count). The van der Waals surface area contributed by atoms with E-state index in [0.717, 1.165) is 36.2 Å². The summed E-state index contributed by atoms with van der Waals surface area (Å²) in [5.74, 6) is -0.809. The number of carboxylic acids is 1. The Labute approximate surface area is 115 Å². The molecule has 4 nitrogen and oxygen atoms in total. The van der Waals surface area contributed by atoms with Crippen LogP contribution < -0.4 is 5.32 Å². The molecule has 1 fully saturated rings. The van der Waals surface area contributed by atoms with Crippen molar-refractivity contribution >= 4 is 21.9 Å². The zero-order chi connectivity index (χ0) is 13.2. The molecule has 0 radical (unpaired) electrons. The Morgan fingerprint density at radius 1 is 1.39 bits per heavy atom. The minimum atomic E-state index is -0.984. The Kier molecular flexibility index (Phi) is 4.04. The van der Waals surface area contributed by atoms with Gasteiger partial charge < -0.3 is 10.4 Å². The first kappa shape index (κ1) is 13.5. The predicted octanol–water partition coefficient (Wildman–Crippen LogP) is 1.65. The summed E-state index contributed by atoms with van der Waals surface area (Å²) >= 11 is 3.46. The normalized spacial score (nSPS) is 20.3. The van der Waals surface area contributed by atoms with Gasteiger partial charge in [-0.1, -0.05) is 34.1 Å². The van der Waals surface area contributed by atoms with E-state index in [1.807, 2.05) is 29.2 Å². The van der Waals surface area contributed by atoms with Gasteiger partial charge >= 0.3 is 5.97 Å². The number of piperazine rings is 1. The van der Waals surface area contributed by atoms with Crippen LogP contribution >= 0.6 is 15.9 Å². The highest BCUT2D eigenvalue weighted by atomic mass is 79.9. The molecule has 98 valence electrons. The zero-order valence-electron chi connectivity index (χ0n) is 10.3. The molecule has 1 aliphatic rings. The molecule has 0 aliphatic carbocycles. The molecule has 0 amide bonds. The molecule has 0 aromatic heterocycles. The Morgan fingerprint density at radius 3 is 2.56 bits per heavy atom. The van der Waals surface area contributed by atoms with Crippen LogP contribution in [-0.2, 0) is 10.3 Å². The van der Waals surface area contributed by atoms with Crippen LogP contribution in [0.4, 0.5) is 0 Å². The molecular formula is C13H17BrN2O2. The number of aliphatic carboxylic acids is 1. The van der Waals surface area contributed by atoms with Crippen LogP contribution in [-0.4, -0.2) is 42.2 Å². The predicted molar refractivity (Wildman–Crippen MR) is 73.6 cm³/mol. The van der Waals surface area contributed by atoms with Gasteiger partial charge in [-0.15, -0.1) is 0 Å². The fraction of sp³-hybridized carbons (Fsp3) is 0.462. The lowest BCUT2D eigenvalue weighted by molar-refractivity contribution is -0.151. The van der Waals surface area contributed by atoms with Crippen LogP contribution in [0.5, 0.6) is 0 Å². The van der Waals surface area contributed by atoms with Crippen molar-refractivity contribution in [2.75, 3.05) is 26.2 Å². The van der Waals surface area contributed by atoms with E-state index in [9.17, 15) is 9.90 Å². The van der Waals surface area contributed by atoms with Crippen LogP contribution in [0.3, 0.4) is 0 Å². The van der Waals surface area contributed by atoms with Gasteiger partial charge in [0.25, 0.3) is 0 Å². The van der Waals surface area contributed by atoms with Crippen LogP contribution in [0.25, 0.3) is 0 Å². The maximum atomic E-state index is 11.8. The molecule has 0 saturated carbocycles.